The summed E-state index contributed by atoms with van der Waals surface area (Å²) in [4.78, 5) is 0.394. The Morgan fingerprint density at radius 1 is 1.11 bits per heavy atom. The van der Waals surface area contributed by atoms with Crippen LogP contribution in [0.2, 0.25) is 0 Å². The van der Waals surface area contributed by atoms with Crippen molar-refractivity contribution in [1.82, 2.24) is 0 Å². The molecule has 2 aromatic carbocycles. The lowest BCUT2D eigenvalue weighted by molar-refractivity contribution is 1.39. The molecule has 0 spiro atoms. The van der Waals surface area contributed by atoms with Crippen molar-refractivity contribution in [1.29, 1.82) is 0 Å². The van der Waals surface area contributed by atoms with Crippen molar-refractivity contribution in [2.75, 3.05) is 5.32 Å². The summed E-state index contributed by atoms with van der Waals surface area (Å²) in [5.74, 6) is 0. The maximum atomic E-state index is 5.61. The molecule has 0 heterocycles. The van der Waals surface area contributed by atoms with Gasteiger partial charge in [0.25, 0.3) is 0 Å². The second kappa shape index (κ2) is 6.03. The van der Waals surface area contributed by atoms with Crippen LogP contribution in [0.25, 0.3) is 0 Å². The van der Waals surface area contributed by atoms with E-state index in [1.165, 1.54) is 0 Å². The van der Waals surface area contributed by atoms with Gasteiger partial charge in [0, 0.05) is 20.2 Å². The van der Waals surface area contributed by atoms with Crippen LogP contribution in [0.3, 0.4) is 0 Å². The number of hydrogen-bond acceptors (Lipinski definition) is 2. The average Bonchev–Trinajstić information content (AvgIpc) is 2.37. The van der Waals surface area contributed by atoms with Crippen molar-refractivity contribution < 1.29 is 0 Å². The highest BCUT2D eigenvalue weighted by atomic mass is 79.9. The van der Waals surface area contributed by atoms with Crippen LogP contribution in [0.5, 0.6) is 0 Å². The minimum absolute atomic E-state index is 0.394. The highest BCUT2D eigenvalue weighted by Gasteiger charge is 2.06. The molecule has 0 saturated heterocycles. The van der Waals surface area contributed by atoms with Crippen LogP contribution in [-0.2, 0) is 0 Å². The lowest BCUT2D eigenvalue weighted by Gasteiger charge is -2.13. The molecule has 0 atom stereocenters. The molecule has 0 bridgehead atoms. The van der Waals surface area contributed by atoms with Gasteiger partial charge in [-0.15, -0.1) is 0 Å². The quantitative estimate of drug-likeness (QED) is 0.721. The van der Waals surface area contributed by atoms with Gasteiger partial charge < -0.3 is 11.1 Å². The van der Waals surface area contributed by atoms with E-state index in [1.807, 2.05) is 36.4 Å². The minimum Gasteiger partial charge on any atom is -0.389 e. The molecule has 0 saturated carbocycles. The zero-order chi connectivity index (χ0) is 14.0. The summed E-state index contributed by atoms with van der Waals surface area (Å²) in [5, 5.41) is 3.39. The number of rotatable bonds is 3. The fraction of sp³-hybridized carbons (Fsp3) is 0.0714. The Kier molecular flexibility index (Phi) is 4.60. The van der Waals surface area contributed by atoms with Crippen LogP contribution in [0.1, 0.15) is 11.1 Å². The molecule has 0 amide bonds. The third-order valence-corrected chi connectivity index (χ3v) is 4.54. The first-order chi connectivity index (χ1) is 8.99. The van der Waals surface area contributed by atoms with Crippen LogP contribution in [0, 0.1) is 6.92 Å². The van der Waals surface area contributed by atoms with E-state index in [0.717, 1.165) is 31.4 Å². The maximum absolute atomic E-state index is 5.61. The van der Waals surface area contributed by atoms with Crippen LogP contribution in [0.15, 0.2) is 45.3 Å². The van der Waals surface area contributed by atoms with E-state index in [2.05, 4.69) is 44.1 Å². The van der Waals surface area contributed by atoms with E-state index in [0.29, 0.717) is 4.99 Å². The van der Waals surface area contributed by atoms with Gasteiger partial charge >= 0.3 is 0 Å². The molecule has 2 aromatic rings. The molecule has 0 unspecified atom stereocenters. The second-order valence-corrected chi connectivity index (χ2v) is 6.24. The summed E-state index contributed by atoms with van der Waals surface area (Å²) in [6.07, 6.45) is 0. The lowest BCUT2D eigenvalue weighted by atomic mass is 10.1. The third kappa shape index (κ3) is 3.35. The zero-order valence-corrected chi connectivity index (χ0v) is 14.2. The highest BCUT2D eigenvalue weighted by molar-refractivity contribution is 9.11. The highest BCUT2D eigenvalue weighted by Crippen LogP contribution is 2.30. The van der Waals surface area contributed by atoms with Crippen molar-refractivity contribution in [2.45, 2.75) is 6.92 Å². The number of benzene rings is 2. The third-order valence-electron chi connectivity index (χ3n) is 2.79. The molecular formula is C14H12Br2N2S. The van der Waals surface area contributed by atoms with Gasteiger partial charge in [0.1, 0.15) is 4.99 Å². The first-order valence-corrected chi connectivity index (χ1v) is 7.60. The Labute approximate surface area is 134 Å². The van der Waals surface area contributed by atoms with E-state index in [-0.39, 0.29) is 0 Å². The largest absolute Gasteiger partial charge is 0.389 e. The number of halogens is 2. The van der Waals surface area contributed by atoms with Gasteiger partial charge in [0.05, 0.1) is 5.69 Å². The fourth-order valence-electron chi connectivity index (χ4n) is 1.66. The number of hydrogen-bond donors (Lipinski definition) is 2. The van der Waals surface area contributed by atoms with Gasteiger partial charge in [0.15, 0.2) is 0 Å². The molecule has 5 heteroatoms. The van der Waals surface area contributed by atoms with Crippen LogP contribution in [-0.4, -0.2) is 4.99 Å². The first kappa shape index (κ1) is 14.5. The van der Waals surface area contributed by atoms with Crippen molar-refractivity contribution in [2.24, 2.45) is 5.73 Å². The molecule has 0 aromatic heterocycles. The van der Waals surface area contributed by atoms with Crippen LogP contribution < -0.4 is 11.1 Å². The van der Waals surface area contributed by atoms with Crippen LogP contribution in [0.4, 0.5) is 11.4 Å². The summed E-state index contributed by atoms with van der Waals surface area (Å²) >= 11 is 12.0. The molecule has 2 rings (SSSR count). The number of thiocarbonyl (C=S) groups is 1. The molecule has 3 N–H and O–H groups in total. The van der Waals surface area contributed by atoms with Gasteiger partial charge in [-0.25, -0.2) is 0 Å². The number of nitrogens with two attached hydrogens (primary N) is 1. The monoisotopic (exact) mass is 398 g/mol. The average molecular weight is 400 g/mol. The Morgan fingerprint density at radius 2 is 1.84 bits per heavy atom. The van der Waals surface area contributed by atoms with Crippen molar-refractivity contribution >= 4 is 60.4 Å². The molecular weight excluding hydrogens is 388 g/mol. The summed E-state index contributed by atoms with van der Waals surface area (Å²) < 4.78 is 2.01. The predicted octanol–water partition coefficient (Wildman–Crippen LogP) is 4.90. The Hall–Kier alpha value is -0.910. The summed E-state index contributed by atoms with van der Waals surface area (Å²) in [6.45, 7) is 2.06. The number of nitrogens with one attached hydrogen (secondary N) is 1. The molecule has 0 aliphatic rings. The van der Waals surface area contributed by atoms with Crippen molar-refractivity contribution in [3.8, 4) is 0 Å². The SMILES string of the molecule is Cc1c(Br)cccc1Nc1ccc(C(N)=S)cc1Br. The standard InChI is InChI=1S/C14H12Br2N2S/c1-8-10(15)3-2-4-12(8)18-13-6-5-9(14(17)19)7-11(13)16/h2-7,18H,1H3,(H2,17,19). The van der Waals surface area contributed by atoms with E-state index < -0.39 is 0 Å². The Balaban J connectivity index is 2.34. The van der Waals surface area contributed by atoms with Crippen molar-refractivity contribution in [3.63, 3.8) is 0 Å². The van der Waals surface area contributed by atoms with Gasteiger partial charge in [0.2, 0.25) is 0 Å². The van der Waals surface area contributed by atoms with Crippen LogP contribution >= 0.6 is 44.1 Å². The Morgan fingerprint density at radius 3 is 2.47 bits per heavy atom. The van der Waals surface area contributed by atoms with E-state index in [9.17, 15) is 0 Å². The van der Waals surface area contributed by atoms with Gasteiger partial charge in [-0.3, -0.25) is 0 Å². The smallest absolute Gasteiger partial charge is 0.104 e. The van der Waals surface area contributed by atoms with E-state index >= 15 is 0 Å². The fourth-order valence-corrected chi connectivity index (χ4v) is 2.63. The van der Waals surface area contributed by atoms with E-state index in [1.54, 1.807) is 0 Å². The molecule has 0 aliphatic heterocycles. The van der Waals surface area contributed by atoms with Gasteiger partial charge in [-0.2, -0.15) is 0 Å². The Bertz CT molecular complexity index is 641. The molecule has 19 heavy (non-hydrogen) atoms. The molecule has 2 nitrogen and oxygen atoms in total. The van der Waals surface area contributed by atoms with Crippen molar-refractivity contribution in [3.05, 3.63) is 56.5 Å². The summed E-state index contributed by atoms with van der Waals surface area (Å²) in [5.41, 5.74) is 9.65. The first-order valence-electron chi connectivity index (χ1n) is 5.60. The van der Waals surface area contributed by atoms with Gasteiger partial charge in [-0.1, -0.05) is 34.2 Å². The molecule has 0 radical (unpaired) electrons. The predicted molar refractivity (Wildman–Crippen MR) is 92.2 cm³/mol. The number of anilines is 2. The minimum atomic E-state index is 0.394. The summed E-state index contributed by atoms with van der Waals surface area (Å²) in [6, 6.07) is 11.8. The topological polar surface area (TPSA) is 38.0 Å². The molecule has 0 fully saturated rings. The summed E-state index contributed by atoms with van der Waals surface area (Å²) in [7, 11) is 0. The molecule has 0 aliphatic carbocycles. The normalized spacial score (nSPS) is 10.3. The maximum Gasteiger partial charge on any atom is 0.104 e. The zero-order valence-electron chi connectivity index (χ0n) is 10.2. The van der Waals surface area contributed by atoms with Gasteiger partial charge in [-0.05, 0) is 58.7 Å². The second-order valence-electron chi connectivity index (χ2n) is 4.10. The molecule has 98 valence electrons. The lowest BCUT2D eigenvalue weighted by Crippen LogP contribution is -2.09. The van der Waals surface area contributed by atoms with E-state index in [4.69, 9.17) is 18.0 Å².